The first-order valence-electron chi connectivity index (χ1n) is 4.05. The molecule has 0 radical (unpaired) electrons. The van der Waals surface area contributed by atoms with Crippen LogP contribution in [0.5, 0.6) is 0 Å². The fourth-order valence-corrected chi connectivity index (χ4v) is 1.05. The third kappa shape index (κ3) is 1.75. The van der Waals surface area contributed by atoms with Crippen molar-refractivity contribution in [2.24, 2.45) is 0 Å². The summed E-state index contributed by atoms with van der Waals surface area (Å²) in [6, 6.07) is 0. The Bertz CT molecular complexity index is 374. The second kappa shape index (κ2) is 4.32. The first-order chi connectivity index (χ1) is 7.36. The Labute approximate surface area is 86.7 Å². The summed E-state index contributed by atoms with van der Waals surface area (Å²) in [5.74, 6) is -13.7. The Balaban J connectivity index is 3.18. The van der Waals surface area contributed by atoms with Gasteiger partial charge in [-0.1, -0.05) is 6.08 Å². The van der Waals surface area contributed by atoms with Gasteiger partial charge in [0, 0.05) is 0 Å². The molecule has 1 rings (SSSR count). The number of allylic oxidation sites excluding steroid dienone is 2. The van der Waals surface area contributed by atoms with Crippen LogP contribution in [-0.2, 0) is 4.74 Å². The highest BCUT2D eigenvalue weighted by molar-refractivity contribution is 5.37. The third-order valence-electron chi connectivity index (χ3n) is 1.85. The van der Waals surface area contributed by atoms with E-state index in [4.69, 9.17) is 0 Å². The quantitative estimate of drug-likeness (QED) is 0.545. The summed E-state index contributed by atoms with van der Waals surface area (Å²) >= 11 is 0. The van der Waals surface area contributed by atoms with Gasteiger partial charge in [-0.15, -0.1) is 6.58 Å². The van der Waals surface area contributed by atoms with Crippen LogP contribution in [0.3, 0.4) is 0 Å². The maximum atomic E-state index is 13.5. The number of halogens is 6. The Morgan fingerprint density at radius 3 is 2.31 bits per heavy atom. The van der Waals surface area contributed by atoms with Crippen LogP contribution in [0.25, 0.3) is 0 Å². The molecule has 0 aliphatic heterocycles. The van der Waals surface area contributed by atoms with E-state index in [0.717, 1.165) is 6.08 Å². The predicted molar refractivity (Wildman–Crippen MR) is 43.4 cm³/mol. The van der Waals surface area contributed by atoms with E-state index in [-0.39, 0.29) is 0 Å². The molecular weight excluding hydrogens is 238 g/mol. The molecule has 0 heterocycles. The van der Waals surface area contributed by atoms with E-state index in [2.05, 4.69) is 11.3 Å². The molecule has 0 amide bonds. The van der Waals surface area contributed by atoms with Gasteiger partial charge in [-0.2, -0.15) is 0 Å². The van der Waals surface area contributed by atoms with Crippen molar-refractivity contribution in [3.05, 3.63) is 36.0 Å². The van der Waals surface area contributed by atoms with Crippen LogP contribution >= 0.6 is 0 Å². The van der Waals surface area contributed by atoms with Crippen LogP contribution in [0.1, 0.15) is 0 Å². The summed E-state index contributed by atoms with van der Waals surface area (Å²) in [5, 5.41) is 0. The lowest BCUT2D eigenvalue weighted by Gasteiger charge is -2.28. The Kier molecular flexibility index (Phi) is 3.47. The molecule has 1 aliphatic rings. The van der Waals surface area contributed by atoms with Gasteiger partial charge in [-0.05, 0) is 0 Å². The molecule has 16 heavy (non-hydrogen) atoms. The van der Waals surface area contributed by atoms with Crippen molar-refractivity contribution in [1.29, 1.82) is 0 Å². The average molecular weight is 244 g/mol. The highest BCUT2D eigenvalue weighted by Crippen LogP contribution is 2.44. The lowest BCUT2D eigenvalue weighted by Crippen LogP contribution is -2.42. The highest BCUT2D eigenvalue weighted by atomic mass is 19.2. The van der Waals surface area contributed by atoms with E-state index in [0.29, 0.717) is 0 Å². The van der Waals surface area contributed by atoms with Gasteiger partial charge in [-0.3, -0.25) is 0 Å². The van der Waals surface area contributed by atoms with E-state index in [1.54, 1.807) is 0 Å². The molecule has 2 atom stereocenters. The second-order valence-corrected chi connectivity index (χ2v) is 2.90. The van der Waals surface area contributed by atoms with Gasteiger partial charge in [0.2, 0.25) is 12.0 Å². The van der Waals surface area contributed by atoms with Gasteiger partial charge in [-0.25, -0.2) is 26.3 Å². The average Bonchev–Trinajstić information content (AvgIpc) is 2.29. The van der Waals surface area contributed by atoms with Crippen LogP contribution in [0.4, 0.5) is 26.3 Å². The summed E-state index contributed by atoms with van der Waals surface area (Å²) in [4.78, 5) is 0. The van der Waals surface area contributed by atoms with Crippen molar-refractivity contribution in [3.8, 4) is 0 Å². The molecular formula is C9H6F6O. The fraction of sp³-hybridized carbons (Fsp3) is 0.333. The molecule has 90 valence electrons. The van der Waals surface area contributed by atoms with E-state index in [1.165, 1.54) is 0 Å². The number of ether oxygens (including phenoxy) is 1. The zero-order valence-corrected chi connectivity index (χ0v) is 7.74. The molecule has 0 saturated carbocycles. The van der Waals surface area contributed by atoms with Gasteiger partial charge in [0.1, 0.15) is 0 Å². The number of alkyl halides is 2. The molecule has 0 fully saturated rings. The van der Waals surface area contributed by atoms with Crippen molar-refractivity contribution in [1.82, 2.24) is 0 Å². The molecule has 1 nitrogen and oxygen atoms in total. The Morgan fingerprint density at radius 2 is 1.81 bits per heavy atom. The topological polar surface area (TPSA) is 9.23 Å². The van der Waals surface area contributed by atoms with Crippen LogP contribution < -0.4 is 0 Å². The normalized spacial score (nSPS) is 31.0. The zero-order chi connectivity index (χ0) is 12.5. The van der Waals surface area contributed by atoms with Gasteiger partial charge >= 0.3 is 5.85 Å². The number of hydrogen-bond donors (Lipinski definition) is 0. The molecule has 0 spiro atoms. The summed E-state index contributed by atoms with van der Waals surface area (Å²) in [7, 11) is 0. The minimum Gasteiger partial charge on any atom is -0.334 e. The Morgan fingerprint density at radius 1 is 1.25 bits per heavy atom. The van der Waals surface area contributed by atoms with Gasteiger partial charge < -0.3 is 4.74 Å². The predicted octanol–water partition coefficient (Wildman–Crippen LogP) is 3.51. The lowest BCUT2D eigenvalue weighted by atomic mass is 10.0. The zero-order valence-electron chi connectivity index (χ0n) is 7.74. The molecule has 0 bridgehead atoms. The smallest absolute Gasteiger partial charge is 0.303 e. The van der Waals surface area contributed by atoms with Gasteiger partial charge in [0.05, 0.1) is 6.61 Å². The maximum Gasteiger partial charge on any atom is 0.303 e. The molecule has 0 aromatic rings. The minimum absolute atomic E-state index is 0.702. The first kappa shape index (κ1) is 12.8. The molecule has 7 heteroatoms. The maximum absolute atomic E-state index is 13.5. The van der Waals surface area contributed by atoms with Crippen LogP contribution in [0.15, 0.2) is 36.0 Å². The number of rotatable bonds is 3. The third-order valence-corrected chi connectivity index (χ3v) is 1.85. The van der Waals surface area contributed by atoms with Crippen LogP contribution in [-0.4, -0.2) is 18.6 Å². The van der Waals surface area contributed by atoms with Gasteiger partial charge in [0.25, 0.3) is 0 Å². The highest BCUT2D eigenvalue weighted by Gasteiger charge is 2.55. The molecule has 0 aromatic carbocycles. The standard InChI is InChI=1S/C9H6F6O/c1-2-3-16-9(15)7(13)5(11)4(10)6(12)8(9)14/h2,7H,1,3H2/t7-,9-/m1/s1. The summed E-state index contributed by atoms with van der Waals surface area (Å²) in [5.41, 5.74) is 0. The van der Waals surface area contributed by atoms with Gasteiger partial charge in [0.15, 0.2) is 17.5 Å². The monoisotopic (exact) mass is 244 g/mol. The molecule has 0 N–H and O–H groups in total. The Hall–Kier alpha value is -1.24. The van der Waals surface area contributed by atoms with Crippen molar-refractivity contribution in [2.75, 3.05) is 6.61 Å². The lowest BCUT2D eigenvalue weighted by molar-refractivity contribution is -0.163. The van der Waals surface area contributed by atoms with E-state index < -0.39 is 41.9 Å². The molecule has 0 unspecified atom stereocenters. The summed E-state index contributed by atoms with van der Waals surface area (Å²) in [6.45, 7) is 2.35. The molecule has 0 saturated heterocycles. The minimum atomic E-state index is -4.00. The van der Waals surface area contributed by atoms with Crippen molar-refractivity contribution in [2.45, 2.75) is 12.0 Å². The molecule has 0 aromatic heterocycles. The van der Waals surface area contributed by atoms with Crippen molar-refractivity contribution < 1.29 is 31.1 Å². The largest absolute Gasteiger partial charge is 0.334 e. The van der Waals surface area contributed by atoms with E-state index in [1.807, 2.05) is 0 Å². The SMILES string of the molecule is C=CCO[C@@]1(F)C(F)=C(F)C(F)=C(F)[C@H]1F. The van der Waals surface area contributed by atoms with Crippen LogP contribution in [0, 0.1) is 0 Å². The van der Waals surface area contributed by atoms with E-state index >= 15 is 0 Å². The van der Waals surface area contributed by atoms with E-state index in [9.17, 15) is 26.3 Å². The van der Waals surface area contributed by atoms with Crippen molar-refractivity contribution >= 4 is 0 Å². The fourth-order valence-electron chi connectivity index (χ4n) is 1.05. The summed E-state index contributed by atoms with van der Waals surface area (Å²) in [6.07, 6.45) is -2.49. The number of hydrogen-bond acceptors (Lipinski definition) is 1. The first-order valence-corrected chi connectivity index (χ1v) is 4.05. The van der Waals surface area contributed by atoms with Crippen molar-refractivity contribution in [3.63, 3.8) is 0 Å². The second-order valence-electron chi connectivity index (χ2n) is 2.90. The summed E-state index contributed by atoms with van der Waals surface area (Å²) < 4.78 is 81.1. The van der Waals surface area contributed by atoms with Crippen LogP contribution in [0.2, 0.25) is 0 Å². The molecule has 1 aliphatic carbocycles.